The fourth-order valence-electron chi connectivity index (χ4n) is 2.48. The van der Waals surface area contributed by atoms with Crippen molar-refractivity contribution in [2.24, 2.45) is 4.99 Å². The van der Waals surface area contributed by atoms with Crippen LogP contribution in [0.25, 0.3) is 0 Å². The molecule has 2 aromatic rings. The van der Waals surface area contributed by atoms with Crippen LogP contribution in [0.15, 0.2) is 52.4 Å². The summed E-state index contributed by atoms with van der Waals surface area (Å²) in [6.45, 7) is 3.09. The SMILES string of the molecule is CN=C(NCCNS(=O)(=O)c1cccc(Cl)c1)NCc1ccc(C)cc1OC.I. The Kier molecular flexibility index (Phi) is 10.7. The lowest BCUT2D eigenvalue weighted by molar-refractivity contribution is 0.408. The predicted octanol–water partition coefficient (Wildman–Crippen LogP) is 2.92. The number of benzene rings is 2. The van der Waals surface area contributed by atoms with Gasteiger partial charge in [-0.3, -0.25) is 4.99 Å². The first kappa shape index (κ1) is 25.5. The van der Waals surface area contributed by atoms with Gasteiger partial charge in [0.25, 0.3) is 0 Å². The highest BCUT2D eigenvalue weighted by Gasteiger charge is 2.13. The number of hydrogen-bond acceptors (Lipinski definition) is 4. The quantitative estimate of drug-likeness (QED) is 0.203. The molecule has 0 amide bonds. The van der Waals surface area contributed by atoms with E-state index in [0.29, 0.717) is 24.1 Å². The van der Waals surface area contributed by atoms with Crippen molar-refractivity contribution in [2.45, 2.75) is 18.4 Å². The molecule has 2 aromatic carbocycles. The van der Waals surface area contributed by atoms with Gasteiger partial charge in [-0.2, -0.15) is 0 Å². The number of rotatable bonds is 8. The van der Waals surface area contributed by atoms with E-state index in [1.54, 1.807) is 26.3 Å². The van der Waals surface area contributed by atoms with E-state index in [2.05, 4.69) is 20.3 Å². The molecule has 0 aliphatic rings. The summed E-state index contributed by atoms with van der Waals surface area (Å²) in [5, 5.41) is 6.62. The number of sulfonamides is 1. The van der Waals surface area contributed by atoms with Gasteiger partial charge in [-0.05, 0) is 36.8 Å². The van der Waals surface area contributed by atoms with Crippen LogP contribution >= 0.6 is 35.6 Å². The summed E-state index contributed by atoms with van der Waals surface area (Å²) in [6.07, 6.45) is 0. The number of hydrogen-bond donors (Lipinski definition) is 3. The molecular formula is C19H26ClIN4O3S. The summed E-state index contributed by atoms with van der Waals surface area (Å²) in [6, 6.07) is 12.1. The third-order valence-corrected chi connectivity index (χ3v) is 5.62. The molecule has 0 unspecified atom stereocenters. The molecule has 0 spiro atoms. The number of guanidine groups is 1. The van der Waals surface area contributed by atoms with Gasteiger partial charge in [0, 0.05) is 37.3 Å². The molecule has 0 fully saturated rings. The molecular weight excluding hydrogens is 527 g/mol. The number of ether oxygens (including phenoxy) is 1. The van der Waals surface area contributed by atoms with Crippen LogP contribution in [0.2, 0.25) is 5.02 Å². The summed E-state index contributed by atoms with van der Waals surface area (Å²) in [5.41, 5.74) is 2.12. The number of aliphatic imine (C=N–C) groups is 1. The minimum absolute atomic E-state index is 0. The van der Waals surface area contributed by atoms with Gasteiger partial charge in [-0.1, -0.05) is 29.8 Å². The second kappa shape index (κ2) is 12.2. The van der Waals surface area contributed by atoms with Gasteiger partial charge in [0.1, 0.15) is 5.75 Å². The van der Waals surface area contributed by atoms with Crippen LogP contribution in [0.5, 0.6) is 5.75 Å². The Morgan fingerprint density at radius 2 is 1.90 bits per heavy atom. The molecule has 0 aliphatic heterocycles. The van der Waals surface area contributed by atoms with Crippen LogP contribution in [-0.2, 0) is 16.6 Å². The Labute approximate surface area is 194 Å². The predicted molar refractivity (Wildman–Crippen MR) is 128 cm³/mol. The van der Waals surface area contributed by atoms with Crippen LogP contribution in [0.3, 0.4) is 0 Å². The average molecular weight is 553 g/mol. The normalized spacial score (nSPS) is 11.5. The summed E-state index contributed by atoms with van der Waals surface area (Å²) >= 11 is 5.85. The molecule has 3 N–H and O–H groups in total. The van der Waals surface area contributed by atoms with Crippen molar-refractivity contribution in [3.63, 3.8) is 0 Å². The van der Waals surface area contributed by atoms with E-state index in [-0.39, 0.29) is 35.4 Å². The zero-order chi connectivity index (χ0) is 20.6. The fourth-order valence-corrected chi connectivity index (χ4v) is 3.81. The molecule has 29 heavy (non-hydrogen) atoms. The molecule has 0 heterocycles. The highest BCUT2D eigenvalue weighted by Crippen LogP contribution is 2.19. The highest BCUT2D eigenvalue weighted by atomic mass is 127. The van der Waals surface area contributed by atoms with E-state index in [1.807, 2.05) is 25.1 Å². The summed E-state index contributed by atoms with van der Waals surface area (Å²) in [4.78, 5) is 4.27. The minimum atomic E-state index is -3.61. The zero-order valence-corrected chi connectivity index (χ0v) is 20.4. The average Bonchev–Trinajstić information content (AvgIpc) is 2.68. The first-order chi connectivity index (χ1) is 13.4. The van der Waals surface area contributed by atoms with E-state index in [0.717, 1.165) is 16.9 Å². The largest absolute Gasteiger partial charge is 0.496 e. The standard InChI is InChI=1S/C19H25ClN4O3S.HI/c1-14-7-8-15(18(11-14)27-3)13-23-19(21-2)22-9-10-24-28(25,26)17-6-4-5-16(20)12-17;/h4-8,11-12,24H,9-10,13H2,1-3H3,(H2,21,22,23);1H. The molecule has 160 valence electrons. The van der Waals surface area contributed by atoms with Crippen molar-refractivity contribution in [2.75, 3.05) is 27.2 Å². The Bertz CT molecular complexity index is 939. The number of nitrogens with zero attached hydrogens (tertiary/aromatic N) is 1. The monoisotopic (exact) mass is 552 g/mol. The molecule has 0 radical (unpaired) electrons. The van der Waals surface area contributed by atoms with Crippen LogP contribution in [-0.4, -0.2) is 41.6 Å². The molecule has 2 rings (SSSR count). The van der Waals surface area contributed by atoms with Gasteiger partial charge in [0.2, 0.25) is 10.0 Å². The third kappa shape index (κ3) is 8.00. The smallest absolute Gasteiger partial charge is 0.240 e. The number of methoxy groups -OCH3 is 1. The highest BCUT2D eigenvalue weighted by molar-refractivity contribution is 14.0. The van der Waals surface area contributed by atoms with Gasteiger partial charge >= 0.3 is 0 Å². The van der Waals surface area contributed by atoms with E-state index >= 15 is 0 Å². The van der Waals surface area contributed by atoms with Crippen molar-refractivity contribution in [3.05, 3.63) is 58.6 Å². The van der Waals surface area contributed by atoms with Crippen molar-refractivity contribution >= 4 is 51.6 Å². The molecule has 7 nitrogen and oxygen atoms in total. The van der Waals surface area contributed by atoms with E-state index in [1.165, 1.54) is 12.1 Å². The van der Waals surface area contributed by atoms with E-state index < -0.39 is 10.0 Å². The third-order valence-electron chi connectivity index (χ3n) is 3.93. The van der Waals surface area contributed by atoms with Gasteiger partial charge in [-0.25, -0.2) is 13.1 Å². The van der Waals surface area contributed by atoms with E-state index in [9.17, 15) is 8.42 Å². The van der Waals surface area contributed by atoms with Gasteiger partial charge < -0.3 is 15.4 Å². The van der Waals surface area contributed by atoms with Crippen molar-refractivity contribution in [1.82, 2.24) is 15.4 Å². The second-order valence-corrected chi connectivity index (χ2v) is 8.23. The molecule has 0 bridgehead atoms. The van der Waals surface area contributed by atoms with Gasteiger partial charge in [-0.15, -0.1) is 24.0 Å². The number of halogens is 2. The van der Waals surface area contributed by atoms with Crippen LogP contribution in [0.4, 0.5) is 0 Å². The topological polar surface area (TPSA) is 91.8 Å². The first-order valence-electron chi connectivity index (χ1n) is 8.69. The summed E-state index contributed by atoms with van der Waals surface area (Å²) < 4.78 is 32.4. The zero-order valence-electron chi connectivity index (χ0n) is 16.5. The molecule has 10 heteroatoms. The number of nitrogens with one attached hydrogen (secondary N) is 3. The van der Waals surface area contributed by atoms with Gasteiger partial charge in [0.05, 0.1) is 12.0 Å². The fraction of sp³-hybridized carbons (Fsp3) is 0.316. The molecule has 0 aliphatic carbocycles. The molecule has 0 saturated heterocycles. The Morgan fingerprint density at radius 3 is 2.55 bits per heavy atom. The van der Waals surface area contributed by atoms with Crippen molar-refractivity contribution in [3.8, 4) is 5.75 Å². The first-order valence-corrected chi connectivity index (χ1v) is 10.5. The maximum absolute atomic E-state index is 12.3. The van der Waals surface area contributed by atoms with Crippen molar-refractivity contribution in [1.29, 1.82) is 0 Å². The summed E-state index contributed by atoms with van der Waals surface area (Å²) in [7, 11) is -0.320. The molecule has 0 saturated carbocycles. The maximum atomic E-state index is 12.3. The minimum Gasteiger partial charge on any atom is -0.496 e. The van der Waals surface area contributed by atoms with E-state index in [4.69, 9.17) is 16.3 Å². The lowest BCUT2D eigenvalue weighted by atomic mass is 10.1. The molecule has 0 atom stereocenters. The van der Waals surface area contributed by atoms with Gasteiger partial charge in [0.15, 0.2) is 5.96 Å². The lowest BCUT2D eigenvalue weighted by Crippen LogP contribution is -2.41. The van der Waals surface area contributed by atoms with Crippen LogP contribution in [0.1, 0.15) is 11.1 Å². The van der Waals surface area contributed by atoms with Crippen LogP contribution < -0.4 is 20.1 Å². The Balaban J connectivity index is 0.00000420. The Hall–Kier alpha value is -1.56. The second-order valence-electron chi connectivity index (χ2n) is 6.02. The number of aryl methyl sites for hydroxylation is 1. The summed E-state index contributed by atoms with van der Waals surface area (Å²) in [5.74, 6) is 1.36. The molecule has 0 aromatic heterocycles. The lowest BCUT2D eigenvalue weighted by Gasteiger charge is -2.14. The van der Waals surface area contributed by atoms with Crippen LogP contribution in [0, 0.1) is 6.92 Å². The Morgan fingerprint density at radius 1 is 1.14 bits per heavy atom. The van der Waals surface area contributed by atoms with Crippen molar-refractivity contribution < 1.29 is 13.2 Å². The maximum Gasteiger partial charge on any atom is 0.240 e.